The minimum atomic E-state index is -0.681. The van der Waals surface area contributed by atoms with E-state index in [-0.39, 0.29) is 18.4 Å². The number of ether oxygens (including phenoxy) is 2. The van der Waals surface area contributed by atoms with Crippen LogP contribution in [-0.2, 0) is 19.1 Å². The molecule has 2 atom stereocenters. The SMILES string of the molecule is COC(=O)C1COCCN1C(=O)C(C)c1cccc(N)c1. The van der Waals surface area contributed by atoms with Crippen LogP contribution in [-0.4, -0.2) is 49.7 Å². The summed E-state index contributed by atoms with van der Waals surface area (Å²) in [6.07, 6.45) is 0. The third kappa shape index (κ3) is 3.33. The number of hydrogen-bond donors (Lipinski definition) is 1. The van der Waals surface area contributed by atoms with Gasteiger partial charge in [-0.05, 0) is 24.6 Å². The van der Waals surface area contributed by atoms with Gasteiger partial charge in [-0.3, -0.25) is 4.79 Å². The quantitative estimate of drug-likeness (QED) is 0.657. The van der Waals surface area contributed by atoms with E-state index in [2.05, 4.69) is 0 Å². The van der Waals surface area contributed by atoms with Crippen molar-refractivity contribution in [1.29, 1.82) is 0 Å². The lowest BCUT2D eigenvalue weighted by Gasteiger charge is -2.35. The highest BCUT2D eigenvalue weighted by atomic mass is 16.5. The van der Waals surface area contributed by atoms with E-state index in [1.165, 1.54) is 12.0 Å². The van der Waals surface area contributed by atoms with Gasteiger partial charge in [0.2, 0.25) is 5.91 Å². The van der Waals surface area contributed by atoms with Crippen LogP contribution in [0.2, 0.25) is 0 Å². The largest absolute Gasteiger partial charge is 0.467 e. The summed E-state index contributed by atoms with van der Waals surface area (Å²) < 4.78 is 10.0. The minimum Gasteiger partial charge on any atom is -0.467 e. The van der Waals surface area contributed by atoms with Crippen LogP contribution < -0.4 is 5.73 Å². The van der Waals surface area contributed by atoms with Crippen LogP contribution >= 0.6 is 0 Å². The molecule has 6 heteroatoms. The first-order valence-electron chi connectivity index (χ1n) is 6.86. The van der Waals surface area contributed by atoms with Gasteiger partial charge in [-0.15, -0.1) is 0 Å². The van der Waals surface area contributed by atoms with Crippen molar-refractivity contribution in [2.45, 2.75) is 18.9 Å². The Morgan fingerprint density at radius 3 is 2.90 bits per heavy atom. The molecule has 0 saturated carbocycles. The highest BCUT2D eigenvalue weighted by molar-refractivity contribution is 5.88. The summed E-state index contributed by atoms with van der Waals surface area (Å²) in [5.41, 5.74) is 7.19. The van der Waals surface area contributed by atoms with Gasteiger partial charge in [0.05, 0.1) is 26.2 Å². The second-order valence-electron chi connectivity index (χ2n) is 5.04. The van der Waals surface area contributed by atoms with Crippen molar-refractivity contribution >= 4 is 17.6 Å². The lowest BCUT2D eigenvalue weighted by atomic mass is 9.98. The Bertz CT molecular complexity index is 532. The molecule has 1 aromatic rings. The van der Waals surface area contributed by atoms with E-state index in [1.54, 1.807) is 19.1 Å². The Balaban J connectivity index is 2.18. The Labute approximate surface area is 123 Å². The van der Waals surface area contributed by atoms with Gasteiger partial charge in [0.1, 0.15) is 0 Å². The monoisotopic (exact) mass is 292 g/mol. The zero-order chi connectivity index (χ0) is 15.4. The number of benzene rings is 1. The molecule has 1 aromatic carbocycles. The fraction of sp³-hybridized carbons (Fsp3) is 0.467. The summed E-state index contributed by atoms with van der Waals surface area (Å²) in [5.74, 6) is -0.958. The standard InChI is InChI=1S/C15H20N2O4/c1-10(11-4-3-5-12(16)8-11)14(18)17-6-7-21-9-13(17)15(19)20-2/h3-5,8,10,13H,6-7,9,16H2,1-2H3. The third-order valence-corrected chi connectivity index (χ3v) is 3.67. The summed E-state index contributed by atoms with van der Waals surface area (Å²) in [5, 5.41) is 0. The number of carbonyl (C=O) groups is 2. The normalized spacial score (nSPS) is 19.9. The van der Waals surface area contributed by atoms with E-state index in [0.29, 0.717) is 18.8 Å². The highest BCUT2D eigenvalue weighted by Gasteiger charge is 2.35. The van der Waals surface area contributed by atoms with Crippen molar-refractivity contribution in [3.05, 3.63) is 29.8 Å². The van der Waals surface area contributed by atoms with Gasteiger partial charge in [-0.25, -0.2) is 4.79 Å². The van der Waals surface area contributed by atoms with Gasteiger partial charge in [0, 0.05) is 12.2 Å². The zero-order valence-corrected chi connectivity index (χ0v) is 12.2. The summed E-state index contributed by atoms with van der Waals surface area (Å²) in [7, 11) is 1.31. The fourth-order valence-electron chi connectivity index (χ4n) is 2.42. The van der Waals surface area contributed by atoms with Crippen LogP contribution in [0.1, 0.15) is 18.4 Å². The molecule has 0 bridgehead atoms. The maximum absolute atomic E-state index is 12.7. The van der Waals surface area contributed by atoms with Gasteiger partial charge in [-0.2, -0.15) is 0 Å². The third-order valence-electron chi connectivity index (χ3n) is 3.67. The molecular formula is C15H20N2O4. The number of amides is 1. The topological polar surface area (TPSA) is 81.9 Å². The molecule has 0 aromatic heterocycles. The maximum Gasteiger partial charge on any atom is 0.331 e. The number of esters is 1. The van der Waals surface area contributed by atoms with Crippen LogP contribution in [0.15, 0.2) is 24.3 Å². The van der Waals surface area contributed by atoms with Crippen molar-refractivity contribution < 1.29 is 19.1 Å². The molecule has 2 rings (SSSR count). The summed E-state index contributed by atoms with van der Waals surface area (Å²) in [6.45, 7) is 2.77. The summed E-state index contributed by atoms with van der Waals surface area (Å²) in [4.78, 5) is 26.0. The second-order valence-corrected chi connectivity index (χ2v) is 5.04. The van der Waals surface area contributed by atoms with Crippen LogP contribution in [0.5, 0.6) is 0 Å². The Kier molecular flexibility index (Phi) is 4.80. The van der Waals surface area contributed by atoms with Crippen molar-refractivity contribution in [2.75, 3.05) is 32.6 Å². The van der Waals surface area contributed by atoms with Gasteiger partial charge in [-0.1, -0.05) is 12.1 Å². The van der Waals surface area contributed by atoms with E-state index < -0.39 is 12.0 Å². The second kappa shape index (κ2) is 6.58. The van der Waals surface area contributed by atoms with E-state index >= 15 is 0 Å². The molecular weight excluding hydrogens is 272 g/mol. The van der Waals surface area contributed by atoms with Crippen LogP contribution in [0.3, 0.4) is 0 Å². The fourth-order valence-corrected chi connectivity index (χ4v) is 2.42. The molecule has 2 N–H and O–H groups in total. The number of nitrogens with two attached hydrogens (primary N) is 1. The molecule has 2 unspecified atom stereocenters. The lowest BCUT2D eigenvalue weighted by molar-refractivity contribution is -0.161. The molecule has 1 aliphatic rings. The number of nitrogens with zero attached hydrogens (tertiary/aromatic N) is 1. The molecule has 21 heavy (non-hydrogen) atoms. The number of morpholine rings is 1. The van der Waals surface area contributed by atoms with Crippen LogP contribution in [0.4, 0.5) is 5.69 Å². The van der Waals surface area contributed by atoms with Crippen molar-refractivity contribution in [2.24, 2.45) is 0 Å². The Morgan fingerprint density at radius 1 is 1.48 bits per heavy atom. The van der Waals surface area contributed by atoms with Crippen LogP contribution in [0.25, 0.3) is 0 Å². The lowest BCUT2D eigenvalue weighted by Crippen LogP contribution is -2.54. The maximum atomic E-state index is 12.7. The average Bonchev–Trinajstić information content (AvgIpc) is 2.52. The molecule has 1 fully saturated rings. The Hall–Kier alpha value is -2.08. The molecule has 114 valence electrons. The van der Waals surface area contributed by atoms with Crippen molar-refractivity contribution in [3.63, 3.8) is 0 Å². The number of methoxy groups -OCH3 is 1. The first-order valence-corrected chi connectivity index (χ1v) is 6.86. The minimum absolute atomic E-state index is 0.126. The van der Waals surface area contributed by atoms with E-state index in [1.807, 2.05) is 12.1 Å². The molecule has 1 heterocycles. The number of carbonyl (C=O) groups excluding carboxylic acids is 2. The van der Waals surface area contributed by atoms with Gasteiger partial charge >= 0.3 is 5.97 Å². The first-order chi connectivity index (χ1) is 10.0. The predicted octanol–water partition coefficient (Wildman–Crippen LogP) is 0.773. The zero-order valence-electron chi connectivity index (χ0n) is 12.2. The number of anilines is 1. The van der Waals surface area contributed by atoms with E-state index in [4.69, 9.17) is 15.2 Å². The summed E-state index contributed by atoms with van der Waals surface area (Å²) in [6, 6.07) is 6.53. The molecule has 1 saturated heterocycles. The molecule has 1 aliphatic heterocycles. The first kappa shape index (κ1) is 15.3. The molecule has 0 spiro atoms. The molecule has 0 radical (unpaired) electrons. The smallest absolute Gasteiger partial charge is 0.331 e. The average molecular weight is 292 g/mol. The van der Waals surface area contributed by atoms with Crippen molar-refractivity contribution in [1.82, 2.24) is 4.90 Å². The van der Waals surface area contributed by atoms with Crippen LogP contribution in [0, 0.1) is 0 Å². The van der Waals surface area contributed by atoms with Crippen molar-refractivity contribution in [3.8, 4) is 0 Å². The number of hydrogen-bond acceptors (Lipinski definition) is 5. The molecule has 6 nitrogen and oxygen atoms in total. The Morgan fingerprint density at radius 2 is 2.24 bits per heavy atom. The molecule has 0 aliphatic carbocycles. The molecule has 1 amide bonds. The van der Waals surface area contributed by atoms with E-state index in [9.17, 15) is 9.59 Å². The van der Waals surface area contributed by atoms with Gasteiger partial charge in [0.15, 0.2) is 6.04 Å². The highest BCUT2D eigenvalue weighted by Crippen LogP contribution is 2.22. The number of nitrogen functional groups attached to an aromatic ring is 1. The number of rotatable bonds is 3. The van der Waals surface area contributed by atoms with Gasteiger partial charge in [0.25, 0.3) is 0 Å². The van der Waals surface area contributed by atoms with E-state index in [0.717, 1.165) is 5.56 Å². The van der Waals surface area contributed by atoms with Gasteiger partial charge < -0.3 is 20.1 Å². The predicted molar refractivity (Wildman–Crippen MR) is 77.6 cm³/mol. The summed E-state index contributed by atoms with van der Waals surface area (Å²) >= 11 is 0.